The molecule has 30 heavy (non-hydrogen) atoms. The lowest BCUT2D eigenvalue weighted by Gasteiger charge is -2.25. The predicted molar refractivity (Wildman–Crippen MR) is 116 cm³/mol. The average Bonchev–Trinajstić information content (AvgIpc) is 2.71. The van der Waals surface area contributed by atoms with Gasteiger partial charge < -0.3 is 5.32 Å². The van der Waals surface area contributed by atoms with E-state index >= 15 is 0 Å². The van der Waals surface area contributed by atoms with Crippen molar-refractivity contribution in [1.82, 2.24) is 5.32 Å². The average molecular weight is 427 g/mol. The second-order valence-electron chi connectivity index (χ2n) is 7.04. The number of nitrogens with one attached hydrogen (secondary N) is 1. The number of halogens is 1. The molecule has 0 spiro atoms. The number of anilines is 1. The number of sulfonamides is 1. The van der Waals surface area contributed by atoms with E-state index in [1.54, 1.807) is 0 Å². The maximum absolute atomic E-state index is 14.2. The third-order valence-electron chi connectivity index (χ3n) is 4.66. The highest BCUT2D eigenvalue weighted by molar-refractivity contribution is 7.92. The Balaban J connectivity index is 1.89. The molecule has 0 aliphatic rings. The van der Waals surface area contributed by atoms with E-state index in [4.69, 9.17) is 0 Å². The molecule has 3 aromatic carbocycles. The summed E-state index contributed by atoms with van der Waals surface area (Å²) in [6, 6.07) is 22.1. The first-order valence-electron chi connectivity index (χ1n) is 9.39. The zero-order valence-electron chi connectivity index (χ0n) is 16.7. The maximum Gasteiger partial charge on any atom is 0.241 e. The summed E-state index contributed by atoms with van der Waals surface area (Å²) in [6.45, 7) is 1.44. The predicted octanol–water partition coefficient (Wildman–Crippen LogP) is 3.81. The first kappa shape index (κ1) is 21.5. The molecule has 3 rings (SSSR count). The topological polar surface area (TPSA) is 66.5 Å². The molecule has 0 heterocycles. The molecule has 0 bridgehead atoms. The summed E-state index contributed by atoms with van der Waals surface area (Å²) in [4.78, 5) is 12.9. The van der Waals surface area contributed by atoms with Crippen LogP contribution in [-0.4, -0.2) is 27.1 Å². The van der Waals surface area contributed by atoms with Gasteiger partial charge >= 0.3 is 0 Å². The van der Waals surface area contributed by atoms with Gasteiger partial charge in [-0.25, -0.2) is 12.8 Å². The normalized spacial score (nSPS) is 12.2. The minimum Gasteiger partial charge on any atom is -0.344 e. The van der Waals surface area contributed by atoms with Crippen LogP contribution in [0.3, 0.4) is 0 Å². The Morgan fingerprint density at radius 2 is 1.50 bits per heavy atom. The quantitative estimate of drug-likeness (QED) is 0.625. The number of benzene rings is 3. The van der Waals surface area contributed by atoms with Gasteiger partial charge in [-0.15, -0.1) is 0 Å². The van der Waals surface area contributed by atoms with E-state index in [0.29, 0.717) is 0 Å². The fourth-order valence-electron chi connectivity index (χ4n) is 3.14. The monoisotopic (exact) mass is 426 g/mol. The largest absolute Gasteiger partial charge is 0.344 e. The van der Waals surface area contributed by atoms with E-state index in [9.17, 15) is 17.6 Å². The summed E-state index contributed by atoms with van der Waals surface area (Å²) in [7, 11) is -3.87. The van der Waals surface area contributed by atoms with Gasteiger partial charge in [0.05, 0.1) is 18.0 Å². The number of carbonyl (C=O) groups excluding carboxylic acids is 1. The van der Waals surface area contributed by atoms with Crippen molar-refractivity contribution < 1.29 is 17.6 Å². The van der Waals surface area contributed by atoms with Crippen LogP contribution in [0.4, 0.5) is 10.1 Å². The van der Waals surface area contributed by atoms with E-state index in [1.165, 1.54) is 18.2 Å². The van der Waals surface area contributed by atoms with E-state index in [0.717, 1.165) is 33.3 Å². The lowest BCUT2D eigenvalue weighted by molar-refractivity contribution is -0.120. The van der Waals surface area contributed by atoms with Crippen molar-refractivity contribution in [3.63, 3.8) is 0 Å². The van der Waals surface area contributed by atoms with Gasteiger partial charge in [0.15, 0.2) is 0 Å². The van der Waals surface area contributed by atoms with Gasteiger partial charge in [-0.05, 0) is 30.2 Å². The lowest BCUT2D eigenvalue weighted by Crippen LogP contribution is -2.42. The summed E-state index contributed by atoms with van der Waals surface area (Å²) in [5, 5.41) is 2.89. The molecule has 3 aromatic rings. The molecule has 1 atom stereocenters. The van der Waals surface area contributed by atoms with Crippen molar-refractivity contribution in [2.24, 2.45) is 0 Å². The van der Waals surface area contributed by atoms with Gasteiger partial charge in [0.1, 0.15) is 12.4 Å². The number of carbonyl (C=O) groups is 1. The number of hydrogen-bond donors (Lipinski definition) is 1. The summed E-state index contributed by atoms with van der Waals surface area (Å²) in [5.41, 5.74) is 2.63. The third-order valence-corrected chi connectivity index (χ3v) is 5.78. The highest BCUT2D eigenvalue weighted by atomic mass is 32.2. The smallest absolute Gasteiger partial charge is 0.241 e. The second-order valence-corrected chi connectivity index (χ2v) is 8.95. The van der Waals surface area contributed by atoms with Crippen LogP contribution >= 0.6 is 0 Å². The number of aryl methyl sites for hydroxylation is 1. The van der Waals surface area contributed by atoms with Gasteiger partial charge in [-0.3, -0.25) is 9.10 Å². The van der Waals surface area contributed by atoms with Crippen LogP contribution in [0.15, 0.2) is 78.9 Å². The Labute approximate surface area is 176 Å². The van der Waals surface area contributed by atoms with Crippen LogP contribution in [0.2, 0.25) is 0 Å². The van der Waals surface area contributed by atoms with Gasteiger partial charge in [0.25, 0.3) is 0 Å². The molecule has 0 saturated carbocycles. The lowest BCUT2D eigenvalue weighted by atomic mass is 9.98. The van der Waals surface area contributed by atoms with Crippen LogP contribution in [-0.2, 0) is 14.8 Å². The van der Waals surface area contributed by atoms with Crippen molar-refractivity contribution in [3.05, 3.63) is 101 Å². The molecule has 1 N–H and O–H groups in total. The molecular formula is C23H23FN2O3S. The molecule has 0 aromatic heterocycles. The van der Waals surface area contributed by atoms with Gasteiger partial charge in [-0.2, -0.15) is 0 Å². The molecule has 156 valence electrons. The second kappa shape index (κ2) is 9.09. The molecule has 1 amide bonds. The van der Waals surface area contributed by atoms with E-state index in [-0.39, 0.29) is 5.69 Å². The van der Waals surface area contributed by atoms with E-state index < -0.39 is 34.3 Å². The molecule has 0 aliphatic heterocycles. The van der Waals surface area contributed by atoms with Crippen molar-refractivity contribution >= 4 is 21.6 Å². The summed E-state index contributed by atoms with van der Waals surface area (Å²) in [5.74, 6) is -1.26. The fourth-order valence-corrected chi connectivity index (χ4v) is 3.99. The Kier molecular flexibility index (Phi) is 6.52. The number of amides is 1. The highest BCUT2D eigenvalue weighted by Crippen LogP contribution is 2.24. The SMILES string of the molecule is Cc1ccc([C@H](NC(=O)CN(c2ccccc2F)S(C)(=O)=O)c2ccccc2)cc1. The molecule has 0 saturated heterocycles. The molecule has 0 aliphatic carbocycles. The Morgan fingerprint density at radius 3 is 2.10 bits per heavy atom. The molecule has 0 radical (unpaired) electrons. The molecule has 5 nitrogen and oxygen atoms in total. The Morgan fingerprint density at radius 1 is 0.933 bits per heavy atom. The van der Waals surface area contributed by atoms with Gasteiger partial charge in [-0.1, -0.05) is 72.3 Å². The van der Waals surface area contributed by atoms with Crippen LogP contribution in [0.25, 0.3) is 0 Å². The fraction of sp³-hybridized carbons (Fsp3) is 0.174. The molecule has 0 unspecified atom stereocenters. The summed E-state index contributed by atoms with van der Waals surface area (Å²) >= 11 is 0. The minimum absolute atomic E-state index is 0.165. The van der Waals surface area contributed by atoms with Crippen molar-refractivity contribution in [1.29, 1.82) is 0 Å². The Hall–Kier alpha value is -3.19. The minimum atomic E-state index is -3.87. The van der Waals surface area contributed by atoms with E-state index in [1.807, 2.05) is 61.5 Å². The zero-order valence-corrected chi connectivity index (χ0v) is 17.6. The summed E-state index contributed by atoms with van der Waals surface area (Å²) in [6.07, 6.45) is 0.946. The van der Waals surface area contributed by atoms with Gasteiger partial charge in [0.2, 0.25) is 15.9 Å². The van der Waals surface area contributed by atoms with Crippen molar-refractivity contribution in [2.45, 2.75) is 13.0 Å². The van der Waals surface area contributed by atoms with Crippen LogP contribution < -0.4 is 9.62 Å². The third kappa shape index (κ3) is 5.24. The van der Waals surface area contributed by atoms with Crippen LogP contribution in [0, 0.1) is 12.7 Å². The number of rotatable bonds is 7. The highest BCUT2D eigenvalue weighted by Gasteiger charge is 2.25. The van der Waals surface area contributed by atoms with E-state index in [2.05, 4.69) is 5.32 Å². The molecular weight excluding hydrogens is 403 g/mol. The maximum atomic E-state index is 14.2. The number of para-hydroxylation sites is 1. The molecule has 7 heteroatoms. The first-order valence-corrected chi connectivity index (χ1v) is 11.2. The number of nitrogens with zero attached hydrogens (tertiary/aromatic N) is 1. The number of hydrogen-bond acceptors (Lipinski definition) is 3. The molecule has 0 fully saturated rings. The van der Waals surface area contributed by atoms with Crippen LogP contribution in [0.1, 0.15) is 22.7 Å². The zero-order chi connectivity index (χ0) is 21.7. The standard InChI is InChI=1S/C23H23FN2O3S/c1-17-12-14-19(15-13-17)23(18-8-4-3-5-9-18)25-22(27)16-26(30(2,28)29)21-11-7-6-10-20(21)24/h3-15,23H,16H2,1-2H3,(H,25,27)/t23-/m1/s1. The Bertz CT molecular complexity index is 1120. The van der Waals surface area contributed by atoms with Crippen molar-refractivity contribution in [2.75, 3.05) is 17.1 Å². The first-order chi connectivity index (χ1) is 14.3. The van der Waals surface area contributed by atoms with Crippen molar-refractivity contribution in [3.8, 4) is 0 Å². The van der Waals surface area contributed by atoms with Crippen LogP contribution in [0.5, 0.6) is 0 Å². The van der Waals surface area contributed by atoms with Gasteiger partial charge in [0, 0.05) is 0 Å². The summed E-state index contributed by atoms with van der Waals surface area (Å²) < 4.78 is 39.5.